The molecular weight excluding hydrogens is 118 g/mol. The van der Waals surface area contributed by atoms with Crippen LogP contribution in [0.25, 0.3) is 0 Å². The minimum atomic E-state index is -1.76. The number of hydrogen-bond acceptors (Lipinski definition) is 1. The zero-order valence-corrected chi connectivity index (χ0v) is 5.66. The average molecular weight is 135 g/mol. The maximum Gasteiger partial charge on any atom is 0.362 e. The molecule has 3 nitrogen and oxygen atoms in total. The maximum absolute atomic E-state index is 10.5. The molecule has 0 spiro atoms. The Balaban J connectivity index is 4.35. The molecule has 0 saturated carbocycles. The second-order valence-electron chi connectivity index (χ2n) is 2.48. The van der Waals surface area contributed by atoms with Crippen molar-refractivity contribution in [3.8, 4) is 0 Å². The van der Waals surface area contributed by atoms with Crippen molar-refractivity contribution in [1.82, 2.24) is 0 Å². The monoisotopic (exact) mass is 135 g/mol. The molecule has 4 N–H and O–H groups in total. The molecule has 0 fully saturated rings. The fraction of sp³-hybridized carbons (Fsp3) is 0.833. The Kier molecular flexibility index (Phi) is 1.64. The van der Waals surface area contributed by atoms with Gasteiger partial charge in [-0.3, -0.25) is 0 Å². The maximum atomic E-state index is 10.5. The van der Waals surface area contributed by atoms with E-state index in [1.807, 2.05) is 0 Å². The van der Waals surface area contributed by atoms with Gasteiger partial charge in [-0.2, -0.15) is 0 Å². The van der Waals surface area contributed by atoms with Crippen LogP contribution in [-0.2, 0) is 4.79 Å². The number of carbonyl (C=O) groups is 1. The predicted octanol–water partition coefficient (Wildman–Crippen LogP) is -0.272. The highest BCUT2D eigenvalue weighted by Gasteiger charge is 2.15. The molecule has 0 amide bonds. The molecule has 0 aromatic carbocycles. The van der Waals surface area contributed by atoms with Crippen LogP contribution in [0, 0.1) is 5.92 Å². The van der Waals surface area contributed by atoms with Crippen LogP contribution < -0.4 is 5.71 Å². The van der Waals surface area contributed by atoms with Gasteiger partial charge in [0, 0.05) is 6.42 Å². The van der Waals surface area contributed by atoms with Crippen LogP contribution in [0.15, 0.2) is 0 Å². The molecule has 0 rings (SSSR count). The number of quaternary nitrogens is 1. The molecular formula is C6H14NO2+. The van der Waals surface area contributed by atoms with Crippen molar-refractivity contribution in [2.75, 3.05) is 0 Å². The van der Waals surface area contributed by atoms with Crippen LogP contribution >= 0.6 is 0 Å². The molecule has 0 aliphatic heterocycles. The highest BCUT2D eigenvalue weighted by atomic mass is 16.4. The van der Waals surface area contributed by atoms with Gasteiger partial charge in [-0.25, -0.2) is 4.79 Å². The van der Waals surface area contributed by atoms with Crippen molar-refractivity contribution in [2.45, 2.75) is 26.3 Å². The Morgan fingerprint density at radius 1 is 1.89 bits per heavy atom. The standard InChI is InChI=1S/C6H13NO2/c1-4(2)3-5(7)6(8)9/h4-5H,3,7H2,1-2H3,(H,8,9)/p+1/t5-/m0/s1/i/hD3. The van der Waals surface area contributed by atoms with Gasteiger partial charge in [0.25, 0.3) is 0 Å². The van der Waals surface area contributed by atoms with Gasteiger partial charge in [0.1, 0.15) is 0 Å². The summed E-state index contributed by atoms with van der Waals surface area (Å²) in [5.41, 5.74) is -1.76. The van der Waals surface area contributed by atoms with Crippen LogP contribution in [-0.4, -0.2) is 17.1 Å². The minimum absolute atomic E-state index is 0.0737. The number of carboxylic acid groups (broad SMARTS) is 1. The summed E-state index contributed by atoms with van der Waals surface area (Å²) in [5.74, 6) is -1.19. The normalized spacial score (nSPS) is 20.1. The summed E-state index contributed by atoms with van der Waals surface area (Å²) >= 11 is 0. The summed E-state index contributed by atoms with van der Waals surface area (Å²) in [6, 6.07) is -1.29. The van der Waals surface area contributed by atoms with E-state index in [0.29, 0.717) is 0 Å². The number of hydrogen-bond donors (Lipinski definition) is 2. The van der Waals surface area contributed by atoms with Crippen molar-refractivity contribution >= 4 is 5.97 Å². The molecule has 1 atom stereocenters. The minimum Gasteiger partial charge on any atom is -0.477 e. The van der Waals surface area contributed by atoms with Gasteiger partial charge in [0.15, 0.2) is 6.04 Å². The van der Waals surface area contributed by atoms with Crippen molar-refractivity contribution < 1.29 is 19.8 Å². The SMILES string of the molecule is [2H][N+]([2H])([2H])[C@@H](CC(C)C)C(=O)O. The van der Waals surface area contributed by atoms with Crippen LogP contribution in [0.5, 0.6) is 0 Å². The van der Waals surface area contributed by atoms with Gasteiger partial charge in [-0.1, -0.05) is 13.8 Å². The van der Waals surface area contributed by atoms with Crippen LogP contribution in [0.2, 0.25) is 4.24 Å². The lowest BCUT2D eigenvalue weighted by Crippen LogP contribution is -2.65. The van der Waals surface area contributed by atoms with E-state index in [0.717, 1.165) is 0 Å². The van der Waals surface area contributed by atoms with Gasteiger partial charge in [0.05, 0.1) is 0 Å². The third-order valence-corrected chi connectivity index (χ3v) is 0.980. The first-order chi connectivity index (χ1) is 5.25. The molecule has 0 aliphatic carbocycles. The van der Waals surface area contributed by atoms with E-state index < -0.39 is 17.7 Å². The van der Waals surface area contributed by atoms with Gasteiger partial charge in [-0.15, -0.1) is 0 Å². The highest BCUT2D eigenvalue weighted by molar-refractivity contribution is 5.71. The summed E-state index contributed by atoms with van der Waals surface area (Å²) in [7, 11) is 0. The fourth-order valence-electron chi connectivity index (χ4n) is 0.547. The topological polar surface area (TPSA) is 64.9 Å². The molecule has 0 saturated heterocycles. The van der Waals surface area contributed by atoms with Crippen LogP contribution in [0.3, 0.4) is 0 Å². The zero-order valence-electron chi connectivity index (χ0n) is 8.66. The number of carboxylic acids is 1. The Morgan fingerprint density at radius 3 is 2.56 bits per heavy atom. The van der Waals surface area contributed by atoms with Crippen LogP contribution in [0.1, 0.15) is 20.3 Å². The molecule has 3 heteroatoms. The fourth-order valence-corrected chi connectivity index (χ4v) is 0.547. The van der Waals surface area contributed by atoms with E-state index in [-0.39, 0.29) is 12.3 Å². The van der Waals surface area contributed by atoms with Crippen molar-refractivity contribution in [3.05, 3.63) is 0 Å². The largest absolute Gasteiger partial charge is 0.477 e. The lowest BCUT2D eigenvalue weighted by Gasteiger charge is -2.04. The molecule has 0 unspecified atom stereocenters. The molecule has 54 valence electrons. The lowest BCUT2D eigenvalue weighted by molar-refractivity contribution is -0.410. The first-order valence-corrected chi connectivity index (χ1v) is 2.95. The summed E-state index contributed by atoms with van der Waals surface area (Å²) in [5, 5.41) is 8.58. The van der Waals surface area contributed by atoms with E-state index in [1.54, 1.807) is 13.8 Å². The Hall–Kier alpha value is -0.570. The second-order valence-corrected chi connectivity index (χ2v) is 2.48. The summed E-state index contributed by atoms with van der Waals surface area (Å²) in [6.45, 7) is 3.59. The van der Waals surface area contributed by atoms with E-state index in [2.05, 4.69) is 0 Å². The average Bonchev–Trinajstić information content (AvgIpc) is 1.79. The quantitative estimate of drug-likeness (QED) is 0.557. The second kappa shape index (κ2) is 3.45. The van der Waals surface area contributed by atoms with Gasteiger partial charge in [-0.05, 0) is 5.92 Å². The summed E-state index contributed by atoms with van der Waals surface area (Å²) < 4.78 is 20.7. The van der Waals surface area contributed by atoms with Gasteiger partial charge < -0.3 is 10.8 Å². The number of aliphatic carboxylic acids is 1. The third kappa shape index (κ3) is 3.97. The van der Waals surface area contributed by atoms with Gasteiger partial charge in [0.2, 0.25) is 0 Å². The Labute approximate surface area is 59.2 Å². The first kappa shape index (κ1) is 4.28. The van der Waals surface area contributed by atoms with E-state index in [4.69, 9.17) is 9.34 Å². The van der Waals surface area contributed by atoms with Crippen molar-refractivity contribution in [2.24, 2.45) is 5.92 Å². The van der Waals surface area contributed by atoms with Gasteiger partial charge >= 0.3 is 10.2 Å². The smallest absolute Gasteiger partial charge is 0.362 e. The third-order valence-electron chi connectivity index (χ3n) is 0.980. The number of rotatable bonds is 4. The molecule has 0 aromatic rings. The molecule has 9 heavy (non-hydrogen) atoms. The summed E-state index contributed by atoms with van der Waals surface area (Å²) in [6.07, 6.45) is 0.172. The molecule has 0 aromatic heterocycles. The first-order valence-electron chi connectivity index (χ1n) is 4.29. The zero-order chi connectivity index (χ0) is 9.94. The van der Waals surface area contributed by atoms with E-state index in [1.165, 1.54) is 0 Å². The van der Waals surface area contributed by atoms with E-state index >= 15 is 0 Å². The van der Waals surface area contributed by atoms with Crippen molar-refractivity contribution in [3.63, 3.8) is 0 Å². The Morgan fingerprint density at radius 2 is 2.44 bits per heavy atom. The molecule has 0 bridgehead atoms. The molecule has 0 radical (unpaired) electrons. The molecule has 0 aliphatic rings. The lowest BCUT2D eigenvalue weighted by atomic mass is 10.1. The van der Waals surface area contributed by atoms with Crippen LogP contribution in [0.4, 0.5) is 0 Å². The van der Waals surface area contributed by atoms with Crippen molar-refractivity contribution in [1.29, 1.82) is 0 Å². The summed E-state index contributed by atoms with van der Waals surface area (Å²) in [4.78, 5) is 10.5. The molecule has 0 heterocycles. The Bertz CT molecular complexity index is 167. The van der Waals surface area contributed by atoms with E-state index in [9.17, 15) is 4.79 Å². The highest BCUT2D eigenvalue weighted by Crippen LogP contribution is 2.00. The predicted molar refractivity (Wildman–Crippen MR) is 33.8 cm³/mol.